The van der Waals surface area contributed by atoms with Gasteiger partial charge in [0.1, 0.15) is 11.1 Å². The Morgan fingerprint density at radius 2 is 2.24 bits per heavy atom. The van der Waals surface area contributed by atoms with Crippen molar-refractivity contribution >= 4 is 27.3 Å². The van der Waals surface area contributed by atoms with Crippen LogP contribution in [0.4, 0.5) is 5.82 Å². The number of nitrogens with zero attached hydrogens (tertiary/aromatic N) is 3. The van der Waals surface area contributed by atoms with Gasteiger partial charge in [-0.05, 0) is 31.4 Å². The lowest BCUT2D eigenvalue weighted by Gasteiger charge is -2.34. The Morgan fingerprint density at radius 1 is 1.43 bits per heavy atom. The molecular weight excluding hydrogens is 314 g/mol. The first-order valence-corrected chi connectivity index (χ1v) is 9.17. The molecule has 8 heteroatoms. The van der Waals surface area contributed by atoms with Gasteiger partial charge in [-0.1, -0.05) is 0 Å². The quantitative estimate of drug-likeness (QED) is 0.767. The summed E-state index contributed by atoms with van der Waals surface area (Å²) in [6.45, 7) is 4.01. The SMILES string of the molecule is C[C@@H]1COCCN1c1cc(C2CCCS2(=O)=O)nc(Cl)n1. The van der Waals surface area contributed by atoms with Gasteiger partial charge in [0, 0.05) is 12.6 Å². The van der Waals surface area contributed by atoms with Crippen LogP contribution in [0.15, 0.2) is 6.07 Å². The Hall–Kier alpha value is -0.920. The topological polar surface area (TPSA) is 72.4 Å². The number of aromatic nitrogens is 2. The Labute approximate surface area is 129 Å². The van der Waals surface area contributed by atoms with Crippen LogP contribution in [-0.2, 0) is 14.6 Å². The molecule has 0 aliphatic carbocycles. The average Bonchev–Trinajstić information content (AvgIpc) is 2.78. The molecule has 2 fully saturated rings. The number of hydrogen-bond acceptors (Lipinski definition) is 6. The summed E-state index contributed by atoms with van der Waals surface area (Å²) in [5, 5.41) is -0.448. The molecule has 0 N–H and O–H groups in total. The van der Waals surface area contributed by atoms with E-state index < -0.39 is 15.1 Å². The second kappa shape index (κ2) is 5.70. The fourth-order valence-corrected chi connectivity index (χ4v) is 4.98. The summed E-state index contributed by atoms with van der Waals surface area (Å²) in [5.41, 5.74) is 0.515. The highest BCUT2D eigenvalue weighted by molar-refractivity contribution is 7.91. The van der Waals surface area contributed by atoms with E-state index in [4.69, 9.17) is 16.3 Å². The van der Waals surface area contributed by atoms with Crippen LogP contribution in [0.25, 0.3) is 0 Å². The van der Waals surface area contributed by atoms with Gasteiger partial charge in [0.2, 0.25) is 5.28 Å². The summed E-state index contributed by atoms with van der Waals surface area (Å²) in [6.07, 6.45) is 1.28. The first-order chi connectivity index (χ1) is 9.97. The van der Waals surface area contributed by atoms with Gasteiger partial charge in [-0.3, -0.25) is 0 Å². The van der Waals surface area contributed by atoms with Gasteiger partial charge in [0.15, 0.2) is 9.84 Å². The van der Waals surface area contributed by atoms with Crippen molar-refractivity contribution < 1.29 is 13.2 Å². The summed E-state index contributed by atoms with van der Waals surface area (Å²) in [7, 11) is -3.11. The van der Waals surface area contributed by atoms with Gasteiger partial charge in [0.25, 0.3) is 0 Å². The zero-order valence-electron chi connectivity index (χ0n) is 11.8. The average molecular weight is 332 g/mol. The third-order valence-corrected chi connectivity index (χ3v) is 6.40. The molecule has 2 aliphatic rings. The van der Waals surface area contributed by atoms with Gasteiger partial charge in [-0.15, -0.1) is 0 Å². The molecule has 6 nitrogen and oxygen atoms in total. The minimum atomic E-state index is -3.11. The fourth-order valence-electron chi connectivity index (χ4n) is 2.93. The molecule has 116 valence electrons. The number of ether oxygens (including phenoxy) is 1. The van der Waals surface area contributed by atoms with Gasteiger partial charge >= 0.3 is 0 Å². The van der Waals surface area contributed by atoms with E-state index in [-0.39, 0.29) is 17.1 Å². The molecule has 0 amide bonds. The third kappa shape index (κ3) is 3.00. The van der Waals surface area contributed by atoms with Crippen LogP contribution < -0.4 is 4.90 Å². The normalized spacial score (nSPS) is 28.8. The molecule has 0 aromatic carbocycles. The number of halogens is 1. The molecule has 1 aromatic heterocycles. The van der Waals surface area contributed by atoms with Crippen molar-refractivity contribution in [3.63, 3.8) is 0 Å². The van der Waals surface area contributed by atoms with E-state index in [0.29, 0.717) is 44.1 Å². The molecule has 2 saturated heterocycles. The number of morpholine rings is 1. The van der Waals surface area contributed by atoms with E-state index >= 15 is 0 Å². The second-order valence-corrected chi connectivity index (χ2v) is 8.18. The lowest BCUT2D eigenvalue weighted by molar-refractivity contribution is 0.0985. The highest BCUT2D eigenvalue weighted by Crippen LogP contribution is 2.35. The summed E-state index contributed by atoms with van der Waals surface area (Å²) in [5.74, 6) is 0.908. The molecule has 1 aromatic rings. The molecule has 0 spiro atoms. The van der Waals surface area contributed by atoms with Crippen LogP contribution in [0.1, 0.15) is 30.7 Å². The Bertz CT molecular complexity index is 638. The van der Waals surface area contributed by atoms with Gasteiger partial charge < -0.3 is 9.64 Å². The number of rotatable bonds is 2. The van der Waals surface area contributed by atoms with Gasteiger partial charge in [-0.2, -0.15) is 0 Å². The second-order valence-electron chi connectivity index (χ2n) is 5.54. The molecule has 3 rings (SSSR count). The van der Waals surface area contributed by atoms with Gasteiger partial charge in [-0.25, -0.2) is 18.4 Å². The van der Waals surface area contributed by atoms with Crippen molar-refractivity contribution in [2.45, 2.75) is 31.1 Å². The maximum atomic E-state index is 12.1. The molecular formula is C13H18ClN3O3S. The molecule has 21 heavy (non-hydrogen) atoms. The molecule has 3 heterocycles. The number of anilines is 1. The highest BCUT2D eigenvalue weighted by atomic mass is 35.5. The fraction of sp³-hybridized carbons (Fsp3) is 0.692. The first-order valence-electron chi connectivity index (χ1n) is 7.08. The third-order valence-electron chi connectivity index (χ3n) is 4.03. The zero-order valence-corrected chi connectivity index (χ0v) is 13.4. The smallest absolute Gasteiger partial charge is 0.224 e. The van der Waals surface area contributed by atoms with Crippen molar-refractivity contribution in [1.82, 2.24) is 9.97 Å². The zero-order chi connectivity index (χ0) is 15.0. The summed E-state index contributed by atoms with van der Waals surface area (Å²) >= 11 is 6.01. The van der Waals surface area contributed by atoms with E-state index in [9.17, 15) is 8.42 Å². The maximum Gasteiger partial charge on any atom is 0.224 e. The van der Waals surface area contributed by atoms with Crippen LogP contribution in [0.3, 0.4) is 0 Å². The lowest BCUT2D eigenvalue weighted by atomic mass is 10.2. The predicted molar refractivity (Wildman–Crippen MR) is 80.4 cm³/mol. The Morgan fingerprint density at radius 3 is 2.90 bits per heavy atom. The van der Waals surface area contributed by atoms with Crippen molar-refractivity contribution in [2.24, 2.45) is 0 Å². The van der Waals surface area contributed by atoms with E-state index in [1.54, 1.807) is 6.07 Å². The van der Waals surface area contributed by atoms with Crippen molar-refractivity contribution in [3.8, 4) is 0 Å². The van der Waals surface area contributed by atoms with E-state index in [1.165, 1.54) is 0 Å². The molecule has 2 aliphatic heterocycles. The van der Waals surface area contributed by atoms with Gasteiger partial charge in [0.05, 0.1) is 30.7 Å². The molecule has 1 unspecified atom stereocenters. The maximum absolute atomic E-state index is 12.1. The van der Waals surface area contributed by atoms with Crippen molar-refractivity contribution in [2.75, 3.05) is 30.4 Å². The molecule has 0 saturated carbocycles. The molecule has 0 bridgehead atoms. The number of sulfone groups is 1. The van der Waals surface area contributed by atoms with E-state index in [1.807, 2.05) is 6.92 Å². The monoisotopic (exact) mass is 331 g/mol. The number of hydrogen-bond donors (Lipinski definition) is 0. The summed E-state index contributed by atoms with van der Waals surface area (Å²) < 4.78 is 29.6. The summed E-state index contributed by atoms with van der Waals surface area (Å²) in [4.78, 5) is 10.5. The minimum absolute atomic E-state index is 0.100. The van der Waals surface area contributed by atoms with Crippen LogP contribution in [0.2, 0.25) is 5.28 Å². The lowest BCUT2D eigenvalue weighted by Crippen LogP contribution is -2.44. The van der Waals surface area contributed by atoms with Crippen LogP contribution >= 0.6 is 11.6 Å². The van der Waals surface area contributed by atoms with Crippen molar-refractivity contribution in [1.29, 1.82) is 0 Å². The van der Waals surface area contributed by atoms with E-state index in [2.05, 4.69) is 14.9 Å². The Balaban J connectivity index is 1.96. The minimum Gasteiger partial charge on any atom is -0.377 e. The van der Waals surface area contributed by atoms with Crippen molar-refractivity contribution in [3.05, 3.63) is 17.0 Å². The highest BCUT2D eigenvalue weighted by Gasteiger charge is 2.35. The standard InChI is InChI=1S/C13H18ClN3O3S/c1-9-8-20-5-4-17(9)12-7-10(15-13(14)16-12)11-3-2-6-21(11,18)19/h7,9,11H,2-6,8H2,1H3/t9-,11?/m1/s1. The predicted octanol–water partition coefficient (Wildman–Crippen LogP) is 1.60. The van der Waals surface area contributed by atoms with E-state index in [0.717, 1.165) is 0 Å². The molecule has 0 radical (unpaired) electrons. The van der Waals surface area contributed by atoms with Crippen LogP contribution in [-0.4, -0.2) is 49.9 Å². The van der Waals surface area contributed by atoms with Crippen LogP contribution in [0.5, 0.6) is 0 Å². The largest absolute Gasteiger partial charge is 0.377 e. The van der Waals surface area contributed by atoms with Crippen LogP contribution in [0, 0.1) is 0 Å². The Kier molecular flexibility index (Phi) is 4.07. The molecule has 2 atom stereocenters. The summed E-state index contributed by atoms with van der Waals surface area (Å²) in [6, 6.07) is 1.94. The first kappa shape index (κ1) is 15.0.